The van der Waals surface area contributed by atoms with E-state index in [1.165, 1.54) is 6.42 Å². The van der Waals surface area contributed by atoms with Crippen LogP contribution >= 0.6 is 0 Å². The minimum atomic E-state index is 0.235. The second-order valence-electron chi connectivity index (χ2n) is 4.93. The monoisotopic (exact) mass is 171 g/mol. The molecular formula is C10H21NO. The third kappa shape index (κ3) is 1.64. The molecule has 0 unspecified atom stereocenters. The van der Waals surface area contributed by atoms with Gasteiger partial charge in [-0.2, -0.15) is 5.06 Å². The highest BCUT2D eigenvalue weighted by molar-refractivity contribution is 5.02. The maximum absolute atomic E-state index is 5.69. The Kier molecular flexibility index (Phi) is 2.50. The zero-order valence-electron chi connectivity index (χ0n) is 8.98. The maximum atomic E-state index is 5.69. The molecule has 0 atom stereocenters. The second-order valence-corrected chi connectivity index (χ2v) is 4.93. The third-order valence-electron chi connectivity index (χ3n) is 2.39. The largest absolute Gasteiger partial charge is 0.298 e. The van der Waals surface area contributed by atoms with Crippen molar-refractivity contribution in [2.45, 2.75) is 58.5 Å². The SMILES string of the molecule is CCCON1C(C)(C)CC1(C)C. The molecule has 0 spiro atoms. The standard InChI is InChI=1S/C10H21NO/c1-6-7-12-11-9(2,3)8-10(11,4)5/h6-8H2,1-5H3. The van der Waals surface area contributed by atoms with Crippen molar-refractivity contribution >= 4 is 0 Å². The van der Waals surface area contributed by atoms with Gasteiger partial charge in [-0.1, -0.05) is 6.92 Å². The molecule has 0 aromatic carbocycles. The minimum absolute atomic E-state index is 0.235. The summed E-state index contributed by atoms with van der Waals surface area (Å²) < 4.78 is 0. The molecule has 0 amide bonds. The highest BCUT2D eigenvalue weighted by Crippen LogP contribution is 2.44. The Morgan fingerprint density at radius 2 is 1.67 bits per heavy atom. The van der Waals surface area contributed by atoms with E-state index in [1.54, 1.807) is 0 Å². The number of rotatable bonds is 3. The summed E-state index contributed by atoms with van der Waals surface area (Å²) in [6.45, 7) is 11.9. The van der Waals surface area contributed by atoms with Gasteiger partial charge in [-0.25, -0.2) is 0 Å². The van der Waals surface area contributed by atoms with Gasteiger partial charge in [-0.15, -0.1) is 0 Å². The molecule has 2 nitrogen and oxygen atoms in total. The van der Waals surface area contributed by atoms with E-state index in [-0.39, 0.29) is 11.1 Å². The van der Waals surface area contributed by atoms with Gasteiger partial charge in [0.15, 0.2) is 0 Å². The molecule has 1 fully saturated rings. The van der Waals surface area contributed by atoms with Crippen molar-refractivity contribution in [1.29, 1.82) is 0 Å². The molecule has 1 aliphatic heterocycles. The van der Waals surface area contributed by atoms with Crippen molar-refractivity contribution in [2.24, 2.45) is 0 Å². The molecule has 1 saturated heterocycles. The third-order valence-corrected chi connectivity index (χ3v) is 2.39. The molecule has 72 valence electrons. The fourth-order valence-electron chi connectivity index (χ4n) is 2.46. The molecule has 0 bridgehead atoms. The quantitative estimate of drug-likeness (QED) is 0.647. The van der Waals surface area contributed by atoms with Crippen LogP contribution in [0.15, 0.2) is 0 Å². The van der Waals surface area contributed by atoms with E-state index in [4.69, 9.17) is 4.84 Å². The lowest BCUT2D eigenvalue weighted by Gasteiger charge is -2.59. The maximum Gasteiger partial charge on any atom is 0.0683 e. The molecule has 1 heterocycles. The van der Waals surface area contributed by atoms with E-state index in [2.05, 4.69) is 39.7 Å². The Morgan fingerprint density at radius 3 is 2.00 bits per heavy atom. The van der Waals surface area contributed by atoms with Crippen LogP contribution in [0, 0.1) is 0 Å². The summed E-state index contributed by atoms with van der Waals surface area (Å²) >= 11 is 0. The van der Waals surface area contributed by atoms with E-state index in [9.17, 15) is 0 Å². The van der Waals surface area contributed by atoms with Crippen LogP contribution in [0.1, 0.15) is 47.5 Å². The number of nitrogens with zero attached hydrogens (tertiary/aromatic N) is 1. The highest BCUT2D eigenvalue weighted by Gasteiger charge is 2.51. The summed E-state index contributed by atoms with van der Waals surface area (Å²) in [4.78, 5) is 5.69. The number of hydrogen-bond donors (Lipinski definition) is 0. The minimum Gasteiger partial charge on any atom is -0.298 e. The van der Waals surface area contributed by atoms with Crippen molar-refractivity contribution in [3.63, 3.8) is 0 Å². The molecule has 0 aliphatic carbocycles. The van der Waals surface area contributed by atoms with Gasteiger partial charge in [0.2, 0.25) is 0 Å². The van der Waals surface area contributed by atoms with Crippen LogP contribution in [0.4, 0.5) is 0 Å². The average Bonchev–Trinajstić information content (AvgIpc) is 1.84. The zero-order valence-corrected chi connectivity index (χ0v) is 8.98. The molecule has 1 rings (SSSR count). The second kappa shape index (κ2) is 3.00. The number of hydroxylamine groups is 2. The summed E-state index contributed by atoms with van der Waals surface area (Å²) in [6, 6.07) is 0. The fraction of sp³-hybridized carbons (Fsp3) is 1.00. The van der Waals surface area contributed by atoms with E-state index < -0.39 is 0 Å². The molecule has 0 aromatic rings. The van der Waals surface area contributed by atoms with Crippen LogP contribution in [0.5, 0.6) is 0 Å². The Hall–Kier alpha value is -0.0800. The van der Waals surface area contributed by atoms with E-state index >= 15 is 0 Å². The lowest BCUT2D eigenvalue weighted by Crippen LogP contribution is -2.68. The molecule has 0 N–H and O–H groups in total. The van der Waals surface area contributed by atoms with Crippen LogP contribution in [-0.2, 0) is 4.84 Å². The fourth-order valence-corrected chi connectivity index (χ4v) is 2.46. The van der Waals surface area contributed by atoms with Crippen molar-refractivity contribution in [2.75, 3.05) is 6.61 Å². The van der Waals surface area contributed by atoms with Crippen LogP contribution < -0.4 is 0 Å². The topological polar surface area (TPSA) is 12.5 Å². The molecular weight excluding hydrogens is 150 g/mol. The van der Waals surface area contributed by atoms with Crippen LogP contribution in [-0.4, -0.2) is 22.7 Å². The number of hydrogen-bond acceptors (Lipinski definition) is 2. The predicted octanol–water partition coefficient (Wildman–Crippen LogP) is 2.59. The molecule has 0 aromatic heterocycles. The lowest BCUT2D eigenvalue weighted by atomic mass is 9.75. The summed E-state index contributed by atoms with van der Waals surface area (Å²) in [7, 11) is 0. The van der Waals surface area contributed by atoms with Crippen molar-refractivity contribution in [1.82, 2.24) is 5.06 Å². The van der Waals surface area contributed by atoms with Crippen LogP contribution in [0.25, 0.3) is 0 Å². The van der Waals surface area contributed by atoms with Gasteiger partial charge in [0, 0.05) is 11.1 Å². The van der Waals surface area contributed by atoms with Gasteiger partial charge in [-0.05, 0) is 40.5 Å². The van der Waals surface area contributed by atoms with E-state index in [0.29, 0.717) is 0 Å². The molecule has 1 aliphatic rings. The molecule has 0 radical (unpaired) electrons. The molecule has 2 heteroatoms. The summed E-state index contributed by atoms with van der Waals surface area (Å²) in [5, 5.41) is 2.14. The summed E-state index contributed by atoms with van der Waals surface area (Å²) in [5.74, 6) is 0. The van der Waals surface area contributed by atoms with Crippen molar-refractivity contribution in [3.05, 3.63) is 0 Å². The van der Waals surface area contributed by atoms with Crippen LogP contribution in [0.2, 0.25) is 0 Å². The Balaban J connectivity index is 2.48. The first-order chi connectivity index (χ1) is 5.40. The molecule has 12 heavy (non-hydrogen) atoms. The first-order valence-electron chi connectivity index (χ1n) is 4.83. The van der Waals surface area contributed by atoms with Crippen LogP contribution in [0.3, 0.4) is 0 Å². The van der Waals surface area contributed by atoms with Gasteiger partial charge in [0.25, 0.3) is 0 Å². The smallest absolute Gasteiger partial charge is 0.0683 e. The van der Waals surface area contributed by atoms with Gasteiger partial charge in [-0.3, -0.25) is 4.84 Å². The van der Waals surface area contributed by atoms with Gasteiger partial charge >= 0.3 is 0 Å². The van der Waals surface area contributed by atoms with E-state index in [0.717, 1.165) is 13.0 Å². The van der Waals surface area contributed by atoms with Gasteiger partial charge < -0.3 is 0 Å². The Bertz CT molecular complexity index is 149. The first-order valence-corrected chi connectivity index (χ1v) is 4.83. The van der Waals surface area contributed by atoms with Crippen molar-refractivity contribution < 1.29 is 4.84 Å². The summed E-state index contributed by atoms with van der Waals surface area (Å²) in [6.07, 6.45) is 2.30. The van der Waals surface area contributed by atoms with Gasteiger partial charge in [0.1, 0.15) is 0 Å². The zero-order chi connectivity index (χ0) is 9.41. The Labute approximate surface area is 75.8 Å². The van der Waals surface area contributed by atoms with Gasteiger partial charge in [0.05, 0.1) is 6.61 Å². The highest BCUT2D eigenvalue weighted by atomic mass is 16.7. The van der Waals surface area contributed by atoms with E-state index in [1.807, 2.05) is 0 Å². The first kappa shape index (κ1) is 10.0. The average molecular weight is 171 g/mol. The lowest BCUT2D eigenvalue weighted by molar-refractivity contribution is -0.330. The Morgan fingerprint density at radius 1 is 1.17 bits per heavy atom. The van der Waals surface area contributed by atoms with Crippen molar-refractivity contribution in [3.8, 4) is 0 Å². The predicted molar refractivity (Wildman–Crippen MR) is 50.9 cm³/mol. The summed E-state index contributed by atoms with van der Waals surface area (Å²) in [5.41, 5.74) is 0.470. The molecule has 0 saturated carbocycles. The normalized spacial score (nSPS) is 26.8.